The fraction of sp³-hybridized carbons (Fsp3) is 0.312. The highest BCUT2D eigenvalue weighted by Crippen LogP contribution is 2.24. The Hall–Kier alpha value is -2.97. The van der Waals surface area contributed by atoms with E-state index in [1.54, 1.807) is 23.7 Å². The Balaban J connectivity index is 2.08. The maximum Gasteiger partial charge on any atom is 0.387 e. The van der Waals surface area contributed by atoms with Gasteiger partial charge < -0.3 is 9.30 Å². The minimum Gasteiger partial charge on any atom is -0.435 e. The first-order chi connectivity index (χ1) is 11.8. The molecule has 25 heavy (non-hydrogen) atoms. The second kappa shape index (κ2) is 6.15. The van der Waals surface area contributed by atoms with E-state index in [1.165, 1.54) is 30.1 Å². The number of nitrogens with zero attached hydrogens (tertiary/aromatic N) is 4. The summed E-state index contributed by atoms with van der Waals surface area (Å²) in [6.45, 7) is -1.04. The number of ether oxygens (including phenoxy) is 1. The van der Waals surface area contributed by atoms with E-state index in [0.717, 1.165) is 10.1 Å². The maximum atomic E-state index is 12.5. The third-order valence-electron chi connectivity index (χ3n) is 4.18. The lowest BCUT2D eigenvalue weighted by Crippen LogP contribution is -2.37. The molecule has 132 valence electrons. The van der Waals surface area contributed by atoms with Crippen molar-refractivity contribution in [2.45, 2.75) is 19.6 Å². The van der Waals surface area contributed by atoms with E-state index < -0.39 is 17.9 Å². The van der Waals surface area contributed by atoms with Gasteiger partial charge in [0.05, 0.1) is 12.4 Å². The van der Waals surface area contributed by atoms with Gasteiger partial charge in [-0.1, -0.05) is 12.1 Å². The van der Waals surface area contributed by atoms with Crippen molar-refractivity contribution in [3.8, 4) is 5.75 Å². The SMILES string of the molecule is CC(c1ccc(OC(F)F)cc1)n1cnc2c1c(=O)n(C)c(=O)n2C. The zero-order valence-electron chi connectivity index (χ0n) is 13.8. The summed E-state index contributed by atoms with van der Waals surface area (Å²) in [6, 6.07) is 5.85. The number of benzene rings is 1. The molecule has 1 unspecified atom stereocenters. The highest BCUT2D eigenvalue weighted by Gasteiger charge is 2.18. The van der Waals surface area contributed by atoms with Gasteiger partial charge >= 0.3 is 12.3 Å². The fourth-order valence-corrected chi connectivity index (χ4v) is 2.75. The van der Waals surface area contributed by atoms with Crippen LogP contribution in [-0.2, 0) is 14.1 Å². The van der Waals surface area contributed by atoms with Crippen LogP contribution in [0.15, 0.2) is 40.2 Å². The monoisotopic (exact) mass is 350 g/mol. The average Bonchev–Trinajstić information content (AvgIpc) is 3.02. The molecule has 0 amide bonds. The molecule has 1 atom stereocenters. The molecule has 1 aromatic carbocycles. The van der Waals surface area contributed by atoms with Gasteiger partial charge in [0.15, 0.2) is 11.2 Å². The van der Waals surface area contributed by atoms with E-state index >= 15 is 0 Å². The van der Waals surface area contributed by atoms with Crippen molar-refractivity contribution in [1.82, 2.24) is 18.7 Å². The molecule has 9 heteroatoms. The standard InChI is InChI=1S/C16H16F2N4O3/c1-9(10-4-6-11(7-5-10)25-15(17)18)22-8-19-13-12(22)14(23)21(3)16(24)20(13)2/h4-9,15H,1-3H3. The van der Waals surface area contributed by atoms with Crippen LogP contribution in [-0.4, -0.2) is 25.3 Å². The molecule has 0 radical (unpaired) electrons. The summed E-state index contributed by atoms with van der Waals surface area (Å²) in [5.41, 5.74) is 0.462. The van der Waals surface area contributed by atoms with Crippen molar-refractivity contribution in [1.29, 1.82) is 0 Å². The summed E-state index contributed by atoms with van der Waals surface area (Å²) in [5, 5.41) is 0. The molecule has 2 heterocycles. The average molecular weight is 350 g/mol. The van der Waals surface area contributed by atoms with Gasteiger partial charge in [-0.15, -0.1) is 0 Å². The number of halogens is 2. The first kappa shape index (κ1) is 16.9. The maximum absolute atomic E-state index is 12.5. The largest absolute Gasteiger partial charge is 0.435 e. The van der Waals surface area contributed by atoms with Crippen LogP contribution in [0, 0.1) is 0 Å². The fourth-order valence-electron chi connectivity index (χ4n) is 2.75. The number of hydrogen-bond donors (Lipinski definition) is 0. The Bertz CT molecular complexity index is 1030. The molecule has 2 aromatic heterocycles. The lowest BCUT2D eigenvalue weighted by Gasteiger charge is -2.15. The first-order valence-electron chi connectivity index (χ1n) is 7.48. The second-order valence-corrected chi connectivity index (χ2v) is 5.65. The molecule has 0 spiro atoms. The van der Waals surface area contributed by atoms with Gasteiger partial charge in [0.2, 0.25) is 0 Å². The van der Waals surface area contributed by atoms with Crippen LogP contribution in [0.1, 0.15) is 18.5 Å². The van der Waals surface area contributed by atoms with Crippen LogP contribution < -0.4 is 16.0 Å². The second-order valence-electron chi connectivity index (χ2n) is 5.65. The van der Waals surface area contributed by atoms with E-state index in [2.05, 4.69) is 9.72 Å². The van der Waals surface area contributed by atoms with Gasteiger partial charge in [0.25, 0.3) is 5.56 Å². The van der Waals surface area contributed by atoms with Crippen LogP contribution in [0.25, 0.3) is 11.2 Å². The van der Waals surface area contributed by atoms with Crippen molar-refractivity contribution >= 4 is 11.2 Å². The summed E-state index contributed by atoms with van der Waals surface area (Å²) < 4.78 is 32.8. The van der Waals surface area contributed by atoms with Crippen molar-refractivity contribution in [3.63, 3.8) is 0 Å². The van der Waals surface area contributed by atoms with Gasteiger partial charge in [0, 0.05) is 14.1 Å². The molecule has 0 bridgehead atoms. The Morgan fingerprint density at radius 1 is 1.08 bits per heavy atom. The third-order valence-corrected chi connectivity index (χ3v) is 4.18. The molecule has 7 nitrogen and oxygen atoms in total. The number of aromatic nitrogens is 4. The normalized spacial score (nSPS) is 12.7. The summed E-state index contributed by atoms with van der Waals surface area (Å²) in [6.07, 6.45) is 1.49. The molecule has 0 aliphatic rings. The van der Waals surface area contributed by atoms with Gasteiger partial charge in [0.1, 0.15) is 5.75 Å². The third kappa shape index (κ3) is 2.81. The number of imidazole rings is 1. The summed E-state index contributed by atoms with van der Waals surface area (Å²) in [5.74, 6) is 0.0553. The van der Waals surface area contributed by atoms with Crippen LogP contribution in [0.4, 0.5) is 8.78 Å². The number of hydrogen-bond acceptors (Lipinski definition) is 4. The van der Waals surface area contributed by atoms with Crippen molar-refractivity contribution < 1.29 is 13.5 Å². The molecule has 0 N–H and O–H groups in total. The van der Waals surface area contributed by atoms with E-state index in [9.17, 15) is 18.4 Å². The summed E-state index contributed by atoms with van der Waals surface area (Å²) >= 11 is 0. The molecule has 0 aliphatic heterocycles. The molecule has 3 rings (SSSR count). The molecule has 3 aromatic rings. The number of rotatable bonds is 4. The highest BCUT2D eigenvalue weighted by atomic mass is 19.3. The minimum absolute atomic E-state index is 0.0553. The van der Waals surface area contributed by atoms with E-state index in [1.807, 2.05) is 6.92 Å². The molecule has 0 aliphatic carbocycles. The van der Waals surface area contributed by atoms with Crippen molar-refractivity contribution in [2.75, 3.05) is 0 Å². The Morgan fingerprint density at radius 2 is 1.72 bits per heavy atom. The topological polar surface area (TPSA) is 71.1 Å². The van der Waals surface area contributed by atoms with Gasteiger partial charge in [-0.25, -0.2) is 9.78 Å². The van der Waals surface area contributed by atoms with Crippen molar-refractivity contribution in [3.05, 3.63) is 57.0 Å². The van der Waals surface area contributed by atoms with E-state index in [0.29, 0.717) is 5.52 Å². The van der Waals surface area contributed by atoms with Gasteiger partial charge in [-0.3, -0.25) is 13.9 Å². The quantitative estimate of drug-likeness (QED) is 0.717. The molecule has 0 saturated heterocycles. The smallest absolute Gasteiger partial charge is 0.387 e. The first-order valence-corrected chi connectivity index (χ1v) is 7.48. The summed E-state index contributed by atoms with van der Waals surface area (Å²) in [4.78, 5) is 28.6. The van der Waals surface area contributed by atoms with Crippen LogP contribution in [0.5, 0.6) is 5.75 Å². The Labute approximate surface area is 140 Å². The number of alkyl halides is 2. The zero-order valence-corrected chi connectivity index (χ0v) is 13.8. The van der Waals surface area contributed by atoms with Gasteiger partial charge in [-0.05, 0) is 24.6 Å². The van der Waals surface area contributed by atoms with Crippen molar-refractivity contribution in [2.24, 2.45) is 14.1 Å². The zero-order chi connectivity index (χ0) is 18.3. The van der Waals surface area contributed by atoms with Crippen LogP contribution in [0.2, 0.25) is 0 Å². The summed E-state index contributed by atoms with van der Waals surface area (Å²) in [7, 11) is 2.95. The molecular weight excluding hydrogens is 334 g/mol. The van der Waals surface area contributed by atoms with E-state index in [4.69, 9.17) is 0 Å². The lowest BCUT2D eigenvalue weighted by molar-refractivity contribution is -0.0498. The van der Waals surface area contributed by atoms with E-state index in [-0.39, 0.29) is 17.4 Å². The van der Waals surface area contributed by atoms with Gasteiger partial charge in [-0.2, -0.15) is 8.78 Å². The van der Waals surface area contributed by atoms with Crippen LogP contribution >= 0.6 is 0 Å². The number of aryl methyl sites for hydroxylation is 1. The molecular formula is C16H16F2N4O3. The number of fused-ring (bicyclic) bond motifs is 1. The van der Waals surface area contributed by atoms with Crippen LogP contribution in [0.3, 0.4) is 0 Å². The predicted molar refractivity (Wildman–Crippen MR) is 87.1 cm³/mol. The lowest BCUT2D eigenvalue weighted by atomic mass is 10.1. The molecule has 0 saturated carbocycles. The molecule has 0 fully saturated rings. The minimum atomic E-state index is -2.88. The highest BCUT2D eigenvalue weighted by molar-refractivity contribution is 5.70. The predicted octanol–water partition coefficient (Wildman–Crippen LogP) is 1.64. The Kier molecular flexibility index (Phi) is 4.15. The Morgan fingerprint density at radius 3 is 2.32 bits per heavy atom.